The van der Waals surface area contributed by atoms with Gasteiger partial charge in [-0.1, -0.05) is 0 Å². The number of carbonyl (C=O) groups excluding carboxylic acids is 1. The molecule has 1 amide bonds. The highest BCUT2D eigenvalue weighted by atomic mass is 16.6. The van der Waals surface area contributed by atoms with E-state index in [0.717, 1.165) is 22.6 Å². The molecule has 1 aromatic carbocycles. The first-order valence-electron chi connectivity index (χ1n) is 9.70. The zero-order valence-corrected chi connectivity index (χ0v) is 17.1. The predicted octanol–water partition coefficient (Wildman–Crippen LogP) is 3.89. The van der Waals surface area contributed by atoms with Crippen LogP contribution in [-0.4, -0.2) is 30.1 Å². The van der Waals surface area contributed by atoms with Gasteiger partial charge in [-0.25, -0.2) is 4.68 Å². The van der Waals surface area contributed by atoms with E-state index in [2.05, 4.69) is 20.8 Å². The first-order chi connectivity index (χ1) is 14.2. The number of hydrogen-bond donors (Lipinski definition) is 0. The molecular weight excluding hydrogens is 382 g/mol. The highest BCUT2D eigenvalue weighted by Crippen LogP contribution is 2.32. The van der Waals surface area contributed by atoms with Gasteiger partial charge in [0.15, 0.2) is 0 Å². The molecule has 0 bridgehead atoms. The third kappa shape index (κ3) is 3.63. The minimum atomic E-state index is -0.445. The van der Waals surface area contributed by atoms with E-state index in [0.29, 0.717) is 13.1 Å². The lowest BCUT2D eigenvalue weighted by Crippen LogP contribution is -2.29. The Kier molecular flexibility index (Phi) is 4.77. The highest BCUT2D eigenvalue weighted by Gasteiger charge is 2.33. The van der Waals surface area contributed by atoms with Gasteiger partial charge >= 0.3 is 0 Å². The van der Waals surface area contributed by atoms with Gasteiger partial charge in [0.05, 0.1) is 29.2 Å². The van der Waals surface area contributed by atoms with Crippen molar-refractivity contribution in [2.75, 3.05) is 0 Å². The molecule has 154 valence electrons. The molecule has 0 aliphatic carbocycles. The maximum absolute atomic E-state index is 12.7. The van der Waals surface area contributed by atoms with Gasteiger partial charge in [-0.3, -0.25) is 14.9 Å². The quantitative estimate of drug-likeness (QED) is 0.374. The number of nitrogens with zero attached hydrogens (tertiary/aromatic N) is 5. The smallest absolute Gasteiger partial charge is 0.269 e. The van der Waals surface area contributed by atoms with E-state index in [-0.39, 0.29) is 17.1 Å². The average Bonchev–Trinajstić information content (AvgIpc) is 3.41. The van der Waals surface area contributed by atoms with Crippen LogP contribution in [0, 0.1) is 10.1 Å². The summed E-state index contributed by atoms with van der Waals surface area (Å²) in [6.45, 7) is 7.27. The van der Waals surface area contributed by atoms with E-state index in [1.807, 2.05) is 33.8 Å². The Morgan fingerprint density at radius 2 is 1.80 bits per heavy atom. The van der Waals surface area contributed by atoms with Crippen LogP contribution in [-0.2, 0) is 23.4 Å². The molecule has 0 fully saturated rings. The fourth-order valence-electron chi connectivity index (χ4n) is 3.55. The topological polar surface area (TPSA) is 86.2 Å². The molecule has 3 aromatic rings. The molecule has 8 heteroatoms. The number of benzene rings is 1. The molecule has 2 aromatic heterocycles. The molecular formula is C22H23N5O3. The van der Waals surface area contributed by atoms with E-state index >= 15 is 0 Å². The van der Waals surface area contributed by atoms with Gasteiger partial charge in [0.25, 0.3) is 5.69 Å². The van der Waals surface area contributed by atoms with E-state index in [4.69, 9.17) is 5.10 Å². The standard InChI is InChI=1S/C22H23N5O3/c1-22(2,3)26-21(24-12-4-5-13-24)18-14-25(15-19(18)23-26)20(28)11-8-16-6-9-17(10-7-16)27(29)30/h4-13H,14-15H2,1-3H3. The van der Waals surface area contributed by atoms with Gasteiger partial charge in [0.1, 0.15) is 5.82 Å². The maximum Gasteiger partial charge on any atom is 0.269 e. The Morgan fingerprint density at radius 3 is 2.40 bits per heavy atom. The van der Waals surface area contributed by atoms with E-state index in [1.165, 1.54) is 18.2 Å². The van der Waals surface area contributed by atoms with Crippen LogP contribution >= 0.6 is 0 Å². The van der Waals surface area contributed by atoms with E-state index in [1.54, 1.807) is 23.1 Å². The normalized spacial score (nSPS) is 13.8. The summed E-state index contributed by atoms with van der Waals surface area (Å²) in [4.78, 5) is 24.8. The van der Waals surface area contributed by atoms with E-state index in [9.17, 15) is 14.9 Å². The van der Waals surface area contributed by atoms with Crippen LogP contribution < -0.4 is 0 Å². The van der Waals surface area contributed by atoms with Crippen molar-refractivity contribution in [1.82, 2.24) is 19.2 Å². The molecule has 0 saturated carbocycles. The summed E-state index contributed by atoms with van der Waals surface area (Å²) in [7, 11) is 0. The first-order valence-corrected chi connectivity index (χ1v) is 9.70. The number of non-ortho nitro benzene ring substituents is 1. The minimum absolute atomic E-state index is 0.0248. The summed E-state index contributed by atoms with van der Waals surface area (Å²) in [5.74, 6) is 0.865. The second kappa shape index (κ2) is 7.29. The third-order valence-corrected chi connectivity index (χ3v) is 5.05. The van der Waals surface area contributed by atoms with Crippen molar-refractivity contribution >= 4 is 17.7 Å². The summed E-state index contributed by atoms with van der Waals surface area (Å²) < 4.78 is 4.06. The molecule has 0 saturated heterocycles. The number of amides is 1. The summed E-state index contributed by atoms with van der Waals surface area (Å²) in [5.41, 5.74) is 2.53. The van der Waals surface area contributed by atoms with Gasteiger partial charge in [0.2, 0.25) is 5.91 Å². The largest absolute Gasteiger partial charge is 0.329 e. The molecule has 4 rings (SSSR count). The van der Waals surface area contributed by atoms with Crippen LogP contribution in [0.1, 0.15) is 37.6 Å². The minimum Gasteiger partial charge on any atom is -0.329 e. The van der Waals surface area contributed by atoms with Gasteiger partial charge in [-0.05, 0) is 56.7 Å². The monoisotopic (exact) mass is 405 g/mol. The first kappa shape index (κ1) is 19.6. The van der Waals surface area contributed by atoms with Crippen molar-refractivity contribution < 1.29 is 9.72 Å². The SMILES string of the molecule is CC(C)(C)n1nc2c(c1-n1cccc1)CN(C(=O)C=Cc1ccc([N+](=O)[O-])cc1)C2. The van der Waals surface area contributed by atoms with Crippen molar-refractivity contribution in [3.05, 3.63) is 81.8 Å². The van der Waals surface area contributed by atoms with Crippen molar-refractivity contribution in [3.63, 3.8) is 0 Å². The number of hydrogen-bond acceptors (Lipinski definition) is 4. The lowest BCUT2D eigenvalue weighted by atomic mass is 10.1. The van der Waals surface area contributed by atoms with Crippen molar-refractivity contribution in [3.8, 4) is 5.82 Å². The second-order valence-electron chi connectivity index (χ2n) is 8.30. The third-order valence-electron chi connectivity index (χ3n) is 5.05. The Hall–Kier alpha value is -3.68. The van der Waals surface area contributed by atoms with Crippen LogP contribution in [0.25, 0.3) is 11.9 Å². The zero-order chi connectivity index (χ0) is 21.5. The van der Waals surface area contributed by atoms with Crippen molar-refractivity contribution in [2.24, 2.45) is 0 Å². The van der Waals surface area contributed by atoms with Gasteiger partial charge in [0, 0.05) is 36.2 Å². The zero-order valence-electron chi connectivity index (χ0n) is 17.1. The number of nitro benzene ring substituents is 1. The Labute approximate surface area is 174 Å². The lowest BCUT2D eigenvalue weighted by molar-refractivity contribution is -0.384. The molecule has 3 heterocycles. The second-order valence-corrected chi connectivity index (χ2v) is 8.30. The molecule has 1 aliphatic heterocycles. The van der Waals surface area contributed by atoms with Crippen LogP contribution in [0.3, 0.4) is 0 Å². The van der Waals surface area contributed by atoms with Crippen molar-refractivity contribution in [1.29, 1.82) is 0 Å². The van der Waals surface area contributed by atoms with Crippen LogP contribution in [0.5, 0.6) is 0 Å². The number of fused-ring (bicyclic) bond motifs is 1. The fourth-order valence-corrected chi connectivity index (χ4v) is 3.55. The summed E-state index contributed by atoms with van der Waals surface area (Å²) >= 11 is 0. The molecule has 0 unspecified atom stereocenters. The Balaban J connectivity index is 1.54. The number of carbonyl (C=O) groups is 1. The molecule has 0 N–H and O–H groups in total. The van der Waals surface area contributed by atoms with E-state index < -0.39 is 4.92 Å². The summed E-state index contributed by atoms with van der Waals surface area (Å²) in [6.07, 6.45) is 7.14. The van der Waals surface area contributed by atoms with Crippen molar-refractivity contribution in [2.45, 2.75) is 39.4 Å². The fraction of sp³-hybridized carbons (Fsp3) is 0.273. The Morgan fingerprint density at radius 1 is 1.13 bits per heavy atom. The van der Waals surface area contributed by atoms with Crippen LogP contribution in [0.4, 0.5) is 5.69 Å². The molecule has 30 heavy (non-hydrogen) atoms. The highest BCUT2D eigenvalue weighted by molar-refractivity contribution is 5.92. The number of nitro groups is 1. The molecule has 8 nitrogen and oxygen atoms in total. The molecule has 0 atom stereocenters. The van der Waals surface area contributed by atoms with Crippen LogP contribution in [0.2, 0.25) is 0 Å². The van der Waals surface area contributed by atoms with Gasteiger partial charge in [-0.15, -0.1) is 0 Å². The lowest BCUT2D eigenvalue weighted by Gasteiger charge is -2.24. The summed E-state index contributed by atoms with van der Waals surface area (Å²) in [6, 6.07) is 10.0. The van der Waals surface area contributed by atoms with Crippen LogP contribution in [0.15, 0.2) is 54.9 Å². The maximum atomic E-state index is 12.7. The number of aromatic nitrogens is 3. The van der Waals surface area contributed by atoms with Gasteiger partial charge in [-0.2, -0.15) is 5.10 Å². The Bertz CT molecular complexity index is 1120. The molecule has 0 radical (unpaired) electrons. The van der Waals surface area contributed by atoms with Gasteiger partial charge < -0.3 is 9.47 Å². The molecule has 1 aliphatic rings. The predicted molar refractivity (Wildman–Crippen MR) is 113 cm³/mol. The summed E-state index contributed by atoms with van der Waals surface area (Å²) in [5, 5.41) is 15.6. The average molecular weight is 405 g/mol. The number of rotatable bonds is 4. The molecule has 0 spiro atoms.